The number of amides is 2. The van der Waals surface area contributed by atoms with Crippen molar-refractivity contribution in [3.05, 3.63) is 46.2 Å². The molecule has 1 N–H and O–H groups in total. The van der Waals surface area contributed by atoms with Crippen LogP contribution in [0.2, 0.25) is 0 Å². The van der Waals surface area contributed by atoms with E-state index in [0.717, 1.165) is 11.3 Å². The number of benzene rings is 1. The summed E-state index contributed by atoms with van der Waals surface area (Å²) in [5.41, 5.74) is 0.622. The number of ether oxygens (including phenoxy) is 1. The standard InChI is InChI=1S/C17H18N2O4S/c1-11(20)14-8-9-15(24-14)17(22)19(2)10-16(21)18-12-4-6-13(23-3)7-5-12/h4-9H,10H2,1-3H3,(H,18,21). The van der Waals surface area contributed by atoms with Gasteiger partial charge in [-0.3, -0.25) is 14.4 Å². The van der Waals surface area contributed by atoms with Gasteiger partial charge in [0, 0.05) is 12.7 Å². The number of hydrogen-bond donors (Lipinski definition) is 1. The first-order valence-corrected chi connectivity index (χ1v) is 8.02. The van der Waals surface area contributed by atoms with Crippen molar-refractivity contribution in [1.29, 1.82) is 0 Å². The van der Waals surface area contributed by atoms with Crippen molar-refractivity contribution in [1.82, 2.24) is 4.90 Å². The van der Waals surface area contributed by atoms with Crippen molar-refractivity contribution < 1.29 is 19.1 Å². The first-order valence-electron chi connectivity index (χ1n) is 7.21. The minimum absolute atomic E-state index is 0.0843. The van der Waals surface area contributed by atoms with Crippen molar-refractivity contribution in [2.75, 3.05) is 26.0 Å². The second kappa shape index (κ2) is 7.74. The van der Waals surface area contributed by atoms with Crippen LogP contribution in [0.25, 0.3) is 0 Å². The number of nitrogens with one attached hydrogen (secondary N) is 1. The molecular weight excluding hydrogens is 328 g/mol. The molecule has 0 aliphatic heterocycles. The zero-order valence-corrected chi connectivity index (χ0v) is 14.5. The Kier molecular flexibility index (Phi) is 5.70. The molecule has 126 valence electrons. The van der Waals surface area contributed by atoms with Gasteiger partial charge in [-0.1, -0.05) is 0 Å². The number of likely N-dealkylation sites (N-methyl/N-ethyl adjacent to an activating group) is 1. The number of ketones is 1. The van der Waals surface area contributed by atoms with Gasteiger partial charge in [0.05, 0.1) is 23.4 Å². The summed E-state index contributed by atoms with van der Waals surface area (Å²) in [6, 6.07) is 10.1. The average molecular weight is 346 g/mol. The van der Waals surface area contributed by atoms with E-state index in [2.05, 4.69) is 5.32 Å². The third-order valence-electron chi connectivity index (χ3n) is 3.27. The van der Waals surface area contributed by atoms with Gasteiger partial charge in [-0.25, -0.2) is 0 Å². The number of hydrogen-bond acceptors (Lipinski definition) is 5. The topological polar surface area (TPSA) is 75.7 Å². The number of anilines is 1. The molecule has 1 aromatic heterocycles. The molecule has 0 aliphatic rings. The lowest BCUT2D eigenvalue weighted by atomic mass is 10.3. The van der Waals surface area contributed by atoms with Gasteiger partial charge in [-0.05, 0) is 43.3 Å². The van der Waals surface area contributed by atoms with Crippen molar-refractivity contribution in [3.8, 4) is 5.75 Å². The molecule has 0 radical (unpaired) electrons. The maximum atomic E-state index is 12.3. The third-order valence-corrected chi connectivity index (χ3v) is 4.44. The summed E-state index contributed by atoms with van der Waals surface area (Å²) in [6.45, 7) is 1.37. The van der Waals surface area contributed by atoms with E-state index >= 15 is 0 Å². The van der Waals surface area contributed by atoms with E-state index in [1.165, 1.54) is 11.8 Å². The predicted octanol–water partition coefficient (Wildman–Crippen LogP) is 2.67. The van der Waals surface area contributed by atoms with E-state index in [1.807, 2.05) is 0 Å². The predicted molar refractivity (Wildman–Crippen MR) is 92.9 cm³/mol. The van der Waals surface area contributed by atoms with Crippen LogP contribution in [0.3, 0.4) is 0 Å². The smallest absolute Gasteiger partial charge is 0.264 e. The lowest BCUT2D eigenvalue weighted by Gasteiger charge is -2.16. The Morgan fingerprint density at radius 2 is 1.71 bits per heavy atom. The van der Waals surface area contributed by atoms with Crippen LogP contribution in [0, 0.1) is 0 Å². The van der Waals surface area contributed by atoms with E-state index < -0.39 is 0 Å². The fourth-order valence-corrected chi connectivity index (χ4v) is 2.89. The van der Waals surface area contributed by atoms with Crippen LogP contribution in [0.4, 0.5) is 5.69 Å². The SMILES string of the molecule is COc1ccc(NC(=O)CN(C)C(=O)c2ccc(C(C)=O)s2)cc1. The largest absolute Gasteiger partial charge is 0.497 e. The highest BCUT2D eigenvalue weighted by atomic mass is 32.1. The Hall–Kier alpha value is -2.67. The maximum Gasteiger partial charge on any atom is 0.264 e. The Labute approximate surface area is 144 Å². The Bertz CT molecular complexity index is 752. The fraction of sp³-hybridized carbons (Fsp3) is 0.235. The second-order valence-corrected chi connectivity index (χ2v) is 6.24. The van der Waals surface area contributed by atoms with Crippen LogP contribution in [0.15, 0.2) is 36.4 Å². The van der Waals surface area contributed by atoms with Crippen LogP contribution in [-0.2, 0) is 4.79 Å². The molecule has 0 bridgehead atoms. The van der Waals surface area contributed by atoms with E-state index in [1.54, 1.807) is 50.6 Å². The van der Waals surface area contributed by atoms with E-state index in [9.17, 15) is 14.4 Å². The van der Waals surface area contributed by atoms with Crippen LogP contribution in [-0.4, -0.2) is 43.2 Å². The molecule has 0 unspecified atom stereocenters. The summed E-state index contributed by atoms with van der Waals surface area (Å²) in [5.74, 6) is 0.00922. The highest BCUT2D eigenvalue weighted by Gasteiger charge is 2.18. The van der Waals surface area contributed by atoms with Crippen molar-refractivity contribution >= 4 is 34.6 Å². The summed E-state index contributed by atoms with van der Waals surface area (Å²) in [4.78, 5) is 37.9. The summed E-state index contributed by atoms with van der Waals surface area (Å²) in [6.07, 6.45) is 0. The minimum atomic E-state index is -0.306. The van der Waals surface area contributed by atoms with Crippen LogP contribution >= 0.6 is 11.3 Å². The van der Waals surface area contributed by atoms with Gasteiger partial charge in [-0.2, -0.15) is 0 Å². The molecule has 0 fully saturated rings. The lowest BCUT2D eigenvalue weighted by Crippen LogP contribution is -2.34. The zero-order chi connectivity index (χ0) is 17.7. The summed E-state index contributed by atoms with van der Waals surface area (Å²) < 4.78 is 5.05. The Morgan fingerprint density at radius 3 is 2.25 bits per heavy atom. The molecule has 2 amide bonds. The van der Waals surface area contributed by atoms with Gasteiger partial charge in [0.15, 0.2) is 5.78 Å². The van der Waals surface area contributed by atoms with Gasteiger partial charge >= 0.3 is 0 Å². The summed E-state index contributed by atoms with van der Waals surface area (Å²) in [5, 5.41) is 2.71. The molecule has 2 aromatic rings. The zero-order valence-electron chi connectivity index (χ0n) is 13.7. The molecule has 1 aromatic carbocycles. The van der Waals surface area contributed by atoms with Gasteiger partial charge in [-0.15, -0.1) is 11.3 Å². The van der Waals surface area contributed by atoms with Gasteiger partial charge in [0.2, 0.25) is 5.91 Å². The fourth-order valence-electron chi connectivity index (χ4n) is 1.99. The first kappa shape index (κ1) is 17.7. The molecular formula is C17H18N2O4S. The molecule has 0 saturated carbocycles. The maximum absolute atomic E-state index is 12.3. The molecule has 0 atom stereocenters. The Balaban J connectivity index is 1.94. The van der Waals surface area contributed by atoms with E-state index in [-0.39, 0.29) is 24.1 Å². The second-order valence-electron chi connectivity index (χ2n) is 5.16. The number of Topliss-reactive ketones (excluding diaryl/α,β-unsaturated/α-hetero) is 1. The molecule has 6 nitrogen and oxygen atoms in total. The van der Waals surface area contributed by atoms with E-state index in [0.29, 0.717) is 21.2 Å². The van der Waals surface area contributed by atoms with Gasteiger partial charge in [0.25, 0.3) is 5.91 Å². The van der Waals surface area contributed by atoms with Crippen molar-refractivity contribution in [2.24, 2.45) is 0 Å². The molecule has 24 heavy (non-hydrogen) atoms. The van der Waals surface area contributed by atoms with Gasteiger partial charge in [0.1, 0.15) is 5.75 Å². The number of thiophene rings is 1. The molecule has 0 spiro atoms. The lowest BCUT2D eigenvalue weighted by molar-refractivity contribution is -0.116. The summed E-state index contributed by atoms with van der Waals surface area (Å²) in [7, 11) is 3.11. The minimum Gasteiger partial charge on any atom is -0.497 e. The molecule has 7 heteroatoms. The number of carbonyl (C=O) groups is 3. The van der Waals surface area contributed by atoms with Crippen LogP contribution in [0.5, 0.6) is 5.75 Å². The van der Waals surface area contributed by atoms with Gasteiger partial charge < -0.3 is 15.0 Å². The monoisotopic (exact) mass is 346 g/mol. The number of rotatable bonds is 6. The third kappa shape index (κ3) is 4.42. The molecule has 2 rings (SSSR count). The van der Waals surface area contributed by atoms with Crippen molar-refractivity contribution in [2.45, 2.75) is 6.92 Å². The van der Waals surface area contributed by atoms with Crippen LogP contribution in [0.1, 0.15) is 26.3 Å². The highest BCUT2D eigenvalue weighted by Crippen LogP contribution is 2.19. The highest BCUT2D eigenvalue weighted by molar-refractivity contribution is 7.15. The van der Waals surface area contributed by atoms with E-state index in [4.69, 9.17) is 4.74 Å². The number of methoxy groups -OCH3 is 1. The quantitative estimate of drug-likeness (QED) is 0.816. The number of carbonyl (C=O) groups excluding carboxylic acids is 3. The van der Waals surface area contributed by atoms with Crippen molar-refractivity contribution in [3.63, 3.8) is 0 Å². The normalized spacial score (nSPS) is 10.1. The average Bonchev–Trinajstić information content (AvgIpc) is 3.05. The van der Waals surface area contributed by atoms with Crippen LogP contribution < -0.4 is 10.1 Å². The summed E-state index contributed by atoms with van der Waals surface area (Å²) >= 11 is 1.13. The Morgan fingerprint density at radius 1 is 1.08 bits per heavy atom. The first-order chi connectivity index (χ1) is 11.4. The molecule has 1 heterocycles. The molecule has 0 aliphatic carbocycles. The number of nitrogens with zero attached hydrogens (tertiary/aromatic N) is 1. The molecule has 0 saturated heterocycles.